The van der Waals surface area contributed by atoms with Crippen molar-refractivity contribution >= 4 is 51.3 Å². The predicted octanol–water partition coefficient (Wildman–Crippen LogP) is 1.98. The van der Waals surface area contributed by atoms with Crippen LogP contribution >= 0.6 is 35.3 Å². The molecule has 12 heteroatoms. The fourth-order valence-electron chi connectivity index (χ4n) is 2.94. The molecule has 1 aliphatic heterocycles. The third-order valence-corrected chi connectivity index (χ3v) is 7.39. The highest BCUT2D eigenvalue weighted by Gasteiger charge is 2.29. The van der Waals surface area contributed by atoms with Gasteiger partial charge in [0.25, 0.3) is 0 Å². The summed E-state index contributed by atoms with van der Waals surface area (Å²) in [6, 6.07) is 1.58. The Morgan fingerprint density at radius 1 is 1.31 bits per heavy atom. The molecular formula is C17H27IN6O3S2. The molecule has 1 saturated heterocycles. The van der Waals surface area contributed by atoms with E-state index < -0.39 is 10.0 Å². The lowest BCUT2D eigenvalue weighted by Gasteiger charge is -2.35. The molecule has 3 heterocycles. The number of sulfonamides is 1. The lowest BCUT2D eigenvalue weighted by molar-refractivity contribution is 0.259. The van der Waals surface area contributed by atoms with E-state index in [4.69, 9.17) is 9.52 Å². The first-order valence-electron chi connectivity index (χ1n) is 9.22. The standard InChI is InChI=1S/C17H26N6O3S2.HI/c1-4-18-17(19-11-16-20-13(2)14(3)27-16)22-6-8-23(9-7-22)28(24,25)12-15-5-10-26-21-15;/h5,10H,4,6-9,11-12H2,1-3H3,(H,18,19);1H. The van der Waals surface area contributed by atoms with Gasteiger partial charge in [0.2, 0.25) is 10.0 Å². The fraction of sp³-hybridized carbons (Fsp3) is 0.588. The van der Waals surface area contributed by atoms with Crippen molar-refractivity contribution < 1.29 is 12.9 Å². The van der Waals surface area contributed by atoms with E-state index in [1.54, 1.807) is 17.4 Å². The predicted molar refractivity (Wildman–Crippen MR) is 124 cm³/mol. The summed E-state index contributed by atoms with van der Waals surface area (Å²) >= 11 is 1.66. The molecule has 0 aliphatic carbocycles. The van der Waals surface area contributed by atoms with Crippen molar-refractivity contribution in [1.82, 2.24) is 24.7 Å². The van der Waals surface area contributed by atoms with Gasteiger partial charge in [0.1, 0.15) is 17.0 Å². The summed E-state index contributed by atoms with van der Waals surface area (Å²) < 4.78 is 31.4. The number of aryl methyl sites for hydroxylation is 2. The molecular weight excluding hydrogens is 527 g/mol. The third kappa shape index (κ3) is 6.36. The van der Waals surface area contributed by atoms with Crippen LogP contribution in [0.4, 0.5) is 0 Å². The van der Waals surface area contributed by atoms with Crippen molar-refractivity contribution in [3.05, 3.63) is 33.6 Å². The summed E-state index contributed by atoms with van der Waals surface area (Å²) in [6.07, 6.45) is 1.38. The Labute approximate surface area is 192 Å². The number of aliphatic imine (C=N–C) groups is 1. The smallest absolute Gasteiger partial charge is 0.220 e. The lowest BCUT2D eigenvalue weighted by Crippen LogP contribution is -2.53. The number of nitrogens with one attached hydrogen (secondary N) is 1. The summed E-state index contributed by atoms with van der Waals surface area (Å²) in [5.74, 6) is 0.655. The van der Waals surface area contributed by atoms with E-state index in [-0.39, 0.29) is 29.7 Å². The molecule has 2 aromatic heterocycles. The van der Waals surface area contributed by atoms with E-state index in [1.165, 1.54) is 15.4 Å². The zero-order chi connectivity index (χ0) is 20.1. The van der Waals surface area contributed by atoms with Gasteiger partial charge in [-0.05, 0) is 20.8 Å². The molecule has 0 bridgehead atoms. The topological polar surface area (TPSA) is 104 Å². The zero-order valence-corrected chi connectivity index (χ0v) is 20.8. The third-order valence-electron chi connectivity index (χ3n) is 4.52. The largest absolute Gasteiger partial charge is 0.364 e. The number of piperazine rings is 1. The molecule has 0 atom stereocenters. The summed E-state index contributed by atoms with van der Waals surface area (Å²) in [6.45, 7) is 9.35. The van der Waals surface area contributed by atoms with E-state index in [1.807, 2.05) is 13.8 Å². The number of hydrogen-bond donors (Lipinski definition) is 1. The van der Waals surface area contributed by atoms with Crippen molar-refractivity contribution in [2.75, 3.05) is 32.7 Å². The summed E-state index contributed by atoms with van der Waals surface area (Å²) in [5, 5.41) is 7.98. The molecule has 29 heavy (non-hydrogen) atoms. The van der Waals surface area contributed by atoms with Crippen molar-refractivity contribution in [2.24, 2.45) is 4.99 Å². The van der Waals surface area contributed by atoms with Gasteiger partial charge in [0.05, 0.1) is 17.9 Å². The molecule has 2 aromatic rings. The van der Waals surface area contributed by atoms with Gasteiger partial charge in [-0.15, -0.1) is 35.3 Å². The molecule has 0 spiro atoms. The molecule has 162 valence electrons. The van der Waals surface area contributed by atoms with Crippen molar-refractivity contribution in [1.29, 1.82) is 0 Å². The number of rotatable bonds is 6. The van der Waals surface area contributed by atoms with E-state index in [2.05, 4.69) is 27.3 Å². The molecule has 3 rings (SSSR count). The number of nitrogens with zero attached hydrogens (tertiary/aromatic N) is 5. The Morgan fingerprint density at radius 3 is 2.59 bits per heavy atom. The number of hydrogen-bond acceptors (Lipinski definition) is 7. The average Bonchev–Trinajstić information content (AvgIpc) is 3.28. The maximum absolute atomic E-state index is 12.6. The van der Waals surface area contributed by atoms with Crippen molar-refractivity contribution in [3.63, 3.8) is 0 Å². The minimum atomic E-state index is -3.41. The van der Waals surface area contributed by atoms with Gasteiger partial charge < -0.3 is 14.7 Å². The average molecular weight is 554 g/mol. The molecule has 0 radical (unpaired) electrons. The minimum Gasteiger partial charge on any atom is -0.364 e. The molecule has 0 amide bonds. The molecule has 9 nitrogen and oxygen atoms in total. The maximum atomic E-state index is 12.6. The van der Waals surface area contributed by atoms with E-state index >= 15 is 0 Å². The Kier molecular flexibility index (Phi) is 8.85. The van der Waals surface area contributed by atoms with E-state index in [0.717, 1.165) is 23.2 Å². The van der Waals surface area contributed by atoms with E-state index in [0.29, 0.717) is 38.4 Å². The Balaban J connectivity index is 0.00000300. The molecule has 1 fully saturated rings. The summed E-state index contributed by atoms with van der Waals surface area (Å²) in [4.78, 5) is 12.5. The fourth-order valence-corrected chi connectivity index (χ4v) is 5.23. The van der Waals surface area contributed by atoms with Crippen LogP contribution in [-0.2, 0) is 22.3 Å². The number of halogens is 1. The molecule has 1 N–H and O–H groups in total. The van der Waals surface area contributed by atoms with Gasteiger partial charge in [-0.25, -0.2) is 18.4 Å². The summed E-state index contributed by atoms with van der Waals surface area (Å²) in [7, 11) is -3.41. The molecule has 0 saturated carbocycles. The van der Waals surface area contributed by atoms with Crippen LogP contribution < -0.4 is 5.32 Å². The van der Waals surface area contributed by atoms with Crippen LogP contribution in [0.3, 0.4) is 0 Å². The molecule has 1 aliphatic rings. The minimum absolute atomic E-state index is 0. The van der Waals surface area contributed by atoms with Crippen LogP contribution in [0, 0.1) is 13.8 Å². The summed E-state index contributed by atoms with van der Waals surface area (Å²) in [5.41, 5.74) is 1.47. The van der Waals surface area contributed by atoms with Crippen LogP contribution in [0.1, 0.15) is 28.2 Å². The van der Waals surface area contributed by atoms with Crippen molar-refractivity contribution in [2.45, 2.75) is 33.1 Å². The first-order valence-corrected chi connectivity index (χ1v) is 11.6. The Hall–Kier alpha value is -1.25. The second kappa shape index (κ2) is 10.7. The number of thiazole rings is 1. The van der Waals surface area contributed by atoms with E-state index in [9.17, 15) is 8.42 Å². The van der Waals surface area contributed by atoms with Gasteiger partial charge >= 0.3 is 0 Å². The highest BCUT2D eigenvalue weighted by molar-refractivity contribution is 14.0. The monoisotopic (exact) mass is 554 g/mol. The van der Waals surface area contributed by atoms with Gasteiger partial charge in [0.15, 0.2) is 5.96 Å². The Bertz CT molecular complexity index is 886. The maximum Gasteiger partial charge on any atom is 0.220 e. The van der Waals surface area contributed by atoms with Crippen LogP contribution in [0.5, 0.6) is 0 Å². The number of aromatic nitrogens is 2. The van der Waals surface area contributed by atoms with Crippen molar-refractivity contribution in [3.8, 4) is 0 Å². The van der Waals surface area contributed by atoms with Crippen LogP contribution in [0.15, 0.2) is 21.8 Å². The lowest BCUT2D eigenvalue weighted by atomic mass is 10.4. The first-order chi connectivity index (χ1) is 13.4. The van der Waals surface area contributed by atoms with Gasteiger partial charge in [-0.1, -0.05) is 5.16 Å². The van der Waals surface area contributed by atoms with Crippen LogP contribution in [0.25, 0.3) is 0 Å². The quantitative estimate of drug-likeness (QED) is 0.331. The second-order valence-electron chi connectivity index (χ2n) is 6.55. The van der Waals surface area contributed by atoms with Gasteiger partial charge in [-0.3, -0.25) is 0 Å². The first kappa shape index (κ1) is 24.0. The second-order valence-corrected chi connectivity index (χ2v) is 9.81. The number of guanidine groups is 1. The van der Waals surface area contributed by atoms with Gasteiger partial charge in [0, 0.05) is 43.7 Å². The molecule has 0 unspecified atom stereocenters. The highest BCUT2D eigenvalue weighted by Crippen LogP contribution is 2.17. The van der Waals surface area contributed by atoms with Crippen LogP contribution in [-0.4, -0.2) is 66.4 Å². The van der Waals surface area contributed by atoms with Crippen LogP contribution in [0.2, 0.25) is 0 Å². The molecule has 0 aromatic carbocycles. The SMILES string of the molecule is CCNC(=NCc1nc(C)c(C)s1)N1CCN(S(=O)(=O)Cc2ccon2)CC1.I. The normalized spacial score (nSPS) is 16.0. The highest BCUT2D eigenvalue weighted by atomic mass is 127. The van der Waals surface area contributed by atoms with Gasteiger partial charge in [-0.2, -0.15) is 4.31 Å². The zero-order valence-electron chi connectivity index (χ0n) is 16.8. The Morgan fingerprint density at radius 2 is 2.03 bits per heavy atom.